The van der Waals surface area contributed by atoms with E-state index in [2.05, 4.69) is 10.3 Å². The van der Waals surface area contributed by atoms with Crippen LogP contribution in [-0.4, -0.2) is 21.0 Å². The third-order valence-electron chi connectivity index (χ3n) is 4.95. The quantitative estimate of drug-likeness (QED) is 0.518. The number of nitrogens with zero attached hydrogens (tertiary/aromatic N) is 1. The van der Waals surface area contributed by atoms with Gasteiger partial charge in [0, 0.05) is 22.8 Å². The van der Waals surface area contributed by atoms with Gasteiger partial charge in [-0.3, -0.25) is 14.2 Å². The van der Waals surface area contributed by atoms with Crippen molar-refractivity contribution in [3.8, 4) is 16.8 Å². The number of fused-ring (bicyclic) bond motifs is 1. The van der Waals surface area contributed by atoms with Crippen LogP contribution in [0.3, 0.4) is 0 Å². The molecule has 0 saturated carbocycles. The van der Waals surface area contributed by atoms with Gasteiger partial charge in [-0.25, -0.2) is 0 Å². The van der Waals surface area contributed by atoms with Crippen LogP contribution in [0, 0.1) is 6.92 Å². The van der Waals surface area contributed by atoms with Gasteiger partial charge in [0.25, 0.3) is 11.5 Å². The lowest BCUT2D eigenvalue weighted by Crippen LogP contribution is -2.43. The molecule has 0 atom stereocenters. The second-order valence-electron chi connectivity index (χ2n) is 8.54. The Bertz CT molecular complexity index is 1270. The van der Waals surface area contributed by atoms with Gasteiger partial charge in [-0.15, -0.1) is 0 Å². The third-order valence-corrected chi connectivity index (χ3v) is 4.95. The number of aromatic nitrogens is 2. The summed E-state index contributed by atoms with van der Waals surface area (Å²) >= 11 is 0. The summed E-state index contributed by atoms with van der Waals surface area (Å²) in [6.45, 7) is 7.75. The molecule has 0 aliphatic carbocycles. The van der Waals surface area contributed by atoms with E-state index in [0.717, 1.165) is 16.5 Å². The van der Waals surface area contributed by atoms with E-state index in [0.29, 0.717) is 22.5 Å². The Balaban J connectivity index is 2.11. The molecule has 2 heterocycles. The molecular weight excluding hydrogens is 374 g/mol. The van der Waals surface area contributed by atoms with Gasteiger partial charge in [-0.05, 0) is 51.5 Å². The molecule has 0 aliphatic rings. The lowest BCUT2D eigenvalue weighted by molar-refractivity contribution is 0.0913. The minimum atomic E-state index is -0.442. The van der Waals surface area contributed by atoms with Gasteiger partial charge in [0.2, 0.25) is 0 Å². The van der Waals surface area contributed by atoms with E-state index >= 15 is 0 Å². The molecule has 2 N–H and O–H groups in total. The summed E-state index contributed by atoms with van der Waals surface area (Å²) < 4.78 is 1.52. The van der Waals surface area contributed by atoms with Gasteiger partial charge in [-0.2, -0.15) is 0 Å². The highest BCUT2D eigenvalue weighted by molar-refractivity contribution is 6.08. The van der Waals surface area contributed by atoms with Crippen molar-refractivity contribution >= 4 is 16.8 Å². The fourth-order valence-corrected chi connectivity index (χ4v) is 3.65. The van der Waals surface area contributed by atoms with E-state index in [4.69, 9.17) is 0 Å². The molecule has 152 valence electrons. The van der Waals surface area contributed by atoms with Crippen LogP contribution in [0.2, 0.25) is 0 Å². The van der Waals surface area contributed by atoms with Gasteiger partial charge in [0.05, 0.1) is 11.1 Å². The Labute approximate surface area is 175 Å². The first-order valence-electron chi connectivity index (χ1n) is 9.97. The Hall–Kier alpha value is -3.60. The van der Waals surface area contributed by atoms with Crippen LogP contribution in [-0.2, 0) is 0 Å². The fraction of sp³-hybridized carbons (Fsp3) is 0.200. The summed E-state index contributed by atoms with van der Waals surface area (Å²) in [7, 11) is 0. The summed E-state index contributed by atoms with van der Waals surface area (Å²) in [6, 6.07) is 19.0. The van der Waals surface area contributed by atoms with Crippen molar-refractivity contribution < 1.29 is 4.79 Å². The average Bonchev–Trinajstić information content (AvgIpc) is 3.16. The van der Waals surface area contributed by atoms with Crippen LogP contribution >= 0.6 is 0 Å². The lowest BCUT2D eigenvalue weighted by atomic mass is 10.0. The van der Waals surface area contributed by atoms with Gasteiger partial charge in [0.1, 0.15) is 5.69 Å². The molecular formula is C25H25N3O2. The molecule has 4 aromatic rings. The highest BCUT2D eigenvalue weighted by Crippen LogP contribution is 2.29. The first kappa shape index (κ1) is 19.7. The number of benzene rings is 2. The fourth-order valence-electron chi connectivity index (χ4n) is 3.65. The number of H-pyrrole nitrogens is 1. The van der Waals surface area contributed by atoms with Crippen molar-refractivity contribution in [1.29, 1.82) is 0 Å². The lowest BCUT2D eigenvalue weighted by Gasteiger charge is -2.23. The Kier molecular flexibility index (Phi) is 4.82. The Morgan fingerprint density at radius 2 is 1.63 bits per heavy atom. The second-order valence-corrected chi connectivity index (χ2v) is 8.54. The molecule has 5 heteroatoms. The molecule has 0 saturated heterocycles. The van der Waals surface area contributed by atoms with Crippen LogP contribution in [0.1, 0.15) is 36.8 Å². The van der Waals surface area contributed by atoms with Gasteiger partial charge < -0.3 is 10.3 Å². The number of rotatable bonds is 3. The zero-order valence-corrected chi connectivity index (χ0v) is 17.6. The number of nitrogens with one attached hydrogen (secondary N) is 2. The van der Waals surface area contributed by atoms with E-state index in [1.807, 2.05) is 88.4 Å². The number of pyridine rings is 1. The van der Waals surface area contributed by atoms with E-state index < -0.39 is 5.54 Å². The first-order valence-corrected chi connectivity index (χ1v) is 9.97. The number of carbonyl (C=O) groups excluding carboxylic acids is 1. The molecule has 0 radical (unpaired) electrons. The average molecular weight is 399 g/mol. The molecule has 0 spiro atoms. The number of carbonyl (C=O) groups is 1. The molecule has 5 nitrogen and oxygen atoms in total. The summed E-state index contributed by atoms with van der Waals surface area (Å²) in [5.74, 6) is -0.299. The molecule has 30 heavy (non-hydrogen) atoms. The zero-order chi connectivity index (χ0) is 21.5. The number of amides is 1. The topological polar surface area (TPSA) is 66.9 Å². The van der Waals surface area contributed by atoms with Gasteiger partial charge in [-0.1, -0.05) is 48.0 Å². The third kappa shape index (κ3) is 3.54. The first-order chi connectivity index (χ1) is 14.3. The van der Waals surface area contributed by atoms with Gasteiger partial charge in [0.15, 0.2) is 0 Å². The smallest absolute Gasteiger partial charge is 0.270 e. The molecule has 2 aromatic carbocycles. The molecule has 0 aliphatic heterocycles. The maximum Gasteiger partial charge on any atom is 0.270 e. The highest BCUT2D eigenvalue weighted by Gasteiger charge is 2.26. The summed E-state index contributed by atoms with van der Waals surface area (Å²) in [4.78, 5) is 30.4. The number of aryl methyl sites for hydroxylation is 1. The van der Waals surface area contributed by atoms with Crippen LogP contribution in [0.15, 0.2) is 71.7 Å². The predicted octanol–water partition coefficient (Wildman–Crippen LogP) is 4.82. The molecule has 0 bridgehead atoms. The summed E-state index contributed by atoms with van der Waals surface area (Å²) in [6.07, 6.45) is 1.77. The minimum absolute atomic E-state index is 0.226. The summed E-state index contributed by atoms with van der Waals surface area (Å²) in [5, 5.41) is 3.74. The zero-order valence-electron chi connectivity index (χ0n) is 17.6. The van der Waals surface area contributed by atoms with Crippen molar-refractivity contribution in [3.05, 3.63) is 88.5 Å². The van der Waals surface area contributed by atoms with Crippen LogP contribution in [0.5, 0.6) is 0 Å². The Morgan fingerprint density at radius 1 is 0.967 bits per heavy atom. The minimum Gasteiger partial charge on any atom is -0.359 e. The van der Waals surface area contributed by atoms with Crippen molar-refractivity contribution in [2.24, 2.45) is 0 Å². The molecule has 4 rings (SSSR count). The Morgan fingerprint density at radius 3 is 2.27 bits per heavy atom. The largest absolute Gasteiger partial charge is 0.359 e. The van der Waals surface area contributed by atoms with E-state index in [1.54, 1.807) is 6.20 Å². The highest BCUT2D eigenvalue weighted by atomic mass is 16.2. The second kappa shape index (κ2) is 7.34. The van der Waals surface area contributed by atoms with Crippen molar-refractivity contribution in [2.45, 2.75) is 33.2 Å². The van der Waals surface area contributed by atoms with Crippen LogP contribution in [0.4, 0.5) is 0 Å². The van der Waals surface area contributed by atoms with Crippen molar-refractivity contribution in [2.75, 3.05) is 0 Å². The number of hydrogen-bond donors (Lipinski definition) is 2. The normalized spacial score (nSPS) is 11.6. The van der Waals surface area contributed by atoms with E-state index in [9.17, 15) is 9.59 Å². The summed E-state index contributed by atoms with van der Waals surface area (Å²) in [5.41, 5.74) is 3.39. The molecule has 2 aromatic heterocycles. The maximum atomic E-state index is 13.8. The molecule has 0 fully saturated rings. The molecule has 0 unspecified atom stereocenters. The monoisotopic (exact) mass is 399 g/mol. The number of hydrogen-bond acceptors (Lipinski definition) is 2. The van der Waals surface area contributed by atoms with Crippen LogP contribution in [0.25, 0.3) is 27.7 Å². The SMILES string of the molecule is Cc1ccc(-n2c(C(=O)NC(C)(C)C)c3[nH]ccc3c(-c3ccccc3)c2=O)cc1. The standard InChI is InChI=1S/C25H25N3O2/c1-16-10-12-18(13-11-16)28-22(23(29)27-25(2,3)4)21-19(14-15-26-21)20(24(28)30)17-8-6-5-7-9-17/h5-15,26H,1-4H3,(H,27,29). The maximum absolute atomic E-state index is 13.8. The van der Waals surface area contributed by atoms with E-state index in [1.165, 1.54) is 4.57 Å². The predicted molar refractivity (Wildman–Crippen MR) is 121 cm³/mol. The number of aromatic amines is 1. The van der Waals surface area contributed by atoms with Crippen molar-refractivity contribution in [3.63, 3.8) is 0 Å². The van der Waals surface area contributed by atoms with Gasteiger partial charge >= 0.3 is 0 Å². The molecule has 1 amide bonds. The van der Waals surface area contributed by atoms with Crippen molar-refractivity contribution in [1.82, 2.24) is 14.9 Å². The van der Waals surface area contributed by atoms with E-state index in [-0.39, 0.29) is 11.5 Å². The van der Waals surface area contributed by atoms with Crippen LogP contribution < -0.4 is 10.9 Å².